The van der Waals surface area contributed by atoms with E-state index in [2.05, 4.69) is 4.98 Å². The van der Waals surface area contributed by atoms with Crippen LogP contribution < -0.4 is 9.64 Å². The molecule has 2 aromatic rings. The average molecular weight is 305 g/mol. The molecule has 0 fully saturated rings. The van der Waals surface area contributed by atoms with Gasteiger partial charge in [-0.3, -0.25) is 10.1 Å². The number of methoxy groups -OCH3 is 1. The highest BCUT2D eigenvalue weighted by Crippen LogP contribution is 2.35. The second kappa shape index (κ2) is 6.45. The molecule has 6 nitrogen and oxygen atoms in total. The van der Waals surface area contributed by atoms with Gasteiger partial charge in [-0.25, -0.2) is 4.98 Å². The average Bonchev–Trinajstić information content (AvgIpc) is 2.47. The molecule has 0 unspecified atom stereocenters. The third-order valence-corrected chi connectivity index (χ3v) is 3.76. The minimum Gasteiger partial charge on any atom is -0.497 e. The van der Waals surface area contributed by atoms with Gasteiger partial charge < -0.3 is 9.64 Å². The first kappa shape index (κ1) is 15.1. The van der Waals surface area contributed by atoms with Crippen LogP contribution in [0.2, 0.25) is 0 Å². The monoisotopic (exact) mass is 305 g/mol. The van der Waals surface area contributed by atoms with E-state index in [4.69, 9.17) is 4.74 Å². The van der Waals surface area contributed by atoms with Crippen molar-refractivity contribution < 1.29 is 9.66 Å². The third-order valence-electron chi connectivity index (χ3n) is 2.75. The number of rotatable bonds is 5. The maximum atomic E-state index is 11.1. The minimum atomic E-state index is -0.418. The Hall–Kier alpha value is -2.28. The number of nitro groups is 1. The highest BCUT2D eigenvalue weighted by atomic mass is 32.2. The molecule has 0 aliphatic heterocycles. The summed E-state index contributed by atoms with van der Waals surface area (Å²) in [6.45, 7) is 0. The van der Waals surface area contributed by atoms with Crippen molar-refractivity contribution in [2.75, 3.05) is 26.1 Å². The first-order chi connectivity index (χ1) is 10.0. The molecule has 110 valence electrons. The van der Waals surface area contributed by atoms with E-state index in [0.717, 1.165) is 10.6 Å². The number of benzene rings is 1. The van der Waals surface area contributed by atoms with Gasteiger partial charge in [-0.05, 0) is 30.3 Å². The van der Waals surface area contributed by atoms with Crippen LogP contribution >= 0.6 is 11.8 Å². The summed E-state index contributed by atoms with van der Waals surface area (Å²) in [5.41, 5.74) is 0.00131. The zero-order valence-corrected chi connectivity index (χ0v) is 12.8. The molecular formula is C14H15N3O3S. The van der Waals surface area contributed by atoms with Gasteiger partial charge >= 0.3 is 5.69 Å². The van der Waals surface area contributed by atoms with Gasteiger partial charge in [0.25, 0.3) is 0 Å². The molecule has 0 saturated carbocycles. The van der Waals surface area contributed by atoms with Gasteiger partial charge in [0.05, 0.1) is 12.0 Å². The summed E-state index contributed by atoms with van der Waals surface area (Å²) in [7, 11) is 5.28. The molecular weight excluding hydrogens is 290 g/mol. The van der Waals surface area contributed by atoms with Crippen LogP contribution in [0.3, 0.4) is 0 Å². The van der Waals surface area contributed by atoms with Crippen molar-refractivity contribution in [2.24, 2.45) is 0 Å². The lowest BCUT2D eigenvalue weighted by atomic mass is 10.3. The fourth-order valence-corrected chi connectivity index (χ4v) is 2.52. The summed E-state index contributed by atoms with van der Waals surface area (Å²) < 4.78 is 5.09. The van der Waals surface area contributed by atoms with Crippen LogP contribution in [0.4, 0.5) is 11.5 Å². The Labute approximate surface area is 126 Å². The van der Waals surface area contributed by atoms with Gasteiger partial charge in [0.1, 0.15) is 11.6 Å². The van der Waals surface area contributed by atoms with Crippen molar-refractivity contribution in [1.29, 1.82) is 0 Å². The zero-order valence-electron chi connectivity index (χ0n) is 11.9. The fraction of sp³-hybridized carbons (Fsp3) is 0.214. The lowest BCUT2D eigenvalue weighted by Gasteiger charge is -2.12. The Balaban J connectivity index is 2.35. The van der Waals surface area contributed by atoms with Gasteiger partial charge in [0, 0.05) is 25.1 Å². The molecule has 2 rings (SSSR count). The predicted molar refractivity (Wildman–Crippen MR) is 82.3 cm³/mol. The van der Waals surface area contributed by atoms with Crippen LogP contribution in [0.5, 0.6) is 5.75 Å². The number of ether oxygens (including phenoxy) is 1. The first-order valence-corrected chi connectivity index (χ1v) is 6.97. The van der Waals surface area contributed by atoms with Crippen molar-refractivity contribution in [2.45, 2.75) is 9.92 Å². The zero-order chi connectivity index (χ0) is 15.4. The topological polar surface area (TPSA) is 68.5 Å². The summed E-state index contributed by atoms with van der Waals surface area (Å²) in [6.07, 6.45) is 0. The molecule has 0 atom stereocenters. The van der Waals surface area contributed by atoms with E-state index >= 15 is 0 Å². The van der Waals surface area contributed by atoms with Crippen molar-refractivity contribution in [3.63, 3.8) is 0 Å². The summed E-state index contributed by atoms with van der Waals surface area (Å²) in [5.74, 6) is 1.42. The highest BCUT2D eigenvalue weighted by Gasteiger charge is 2.18. The molecule has 0 spiro atoms. The van der Waals surface area contributed by atoms with Crippen molar-refractivity contribution >= 4 is 23.3 Å². The maximum absolute atomic E-state index is 11.1. The van der Waals surface area contributed by atoms with E-state index in [-0.39, 0.29) is 5.69 Å². The molecule has 1 heterocycles. The fourth-order valence-electron chi connectivity index (χ4n) is 1.64. The molecule has 1 aromatic heterocycles. The number of hydrogen-bond donors (Lipinski definition) is 0. The Bertz CT molecular complexity index is 644. The van der Waals surface area contributed by atoms with Crippen LogP contribution in [-0.4, -0.2) is 31.1 Å². The van der Waals surface area contributed by atoms with E-state index in [9.17, 15) is 10.1 Å². The lowest BCUT2D eigenvalue weighted by Crippen LogP contribution is -2.11. The first-order valence-electron chi connectivity index (χ1n) is 6.16. The SMILES string of the molecule is COc1ccc(Sc2nc(N(C)C)ccc2[N+](=O)[O-])cc1. The molecule has 0 amide bonds. The number of anilines is 1. The second-order valence-electron chi connectivity index (χ2n) is 4.42. The molecule has 0 bridgehead atoms. The Morgan fingerprint density at radius 3 is 2.38 bits per heavy atom. The third kappa shape index (κ3) is 3.63. The normalized spacial score (nSPS) is 10.2. The Kier molecular flexibility index (Phi) is 4.64. The standard InChI is InChI=1S/C14H15N3O3S/c1-16(2)13-9-8-12(17(18)19)14(15-13)21-11-6-4-10(20-3)5-7-11/h4-9H,1-3H3. The van der Waals surface area contributed by atoms with Gasteiger partial charge in [-0.1, -0.05) is 11.8 Å². The van der Waals surface area contributed by atoms with Gasteiger partial charge in [-0.2, -0.15) is 0 Å². The van der Waals surface area contributed by atoms with E-state index in [1.165, 1.54) is 17.8 Å². The smallest absolute Gasteiger partial charge is 0.301 e. The van der Waals surface area contributed by atoms with E-state index in [1.807, 2.05) is 43.3 Å². The summed E-state index contributed by atoms with van der Waals surface area (Å²) in [6, 6.07) is 10.4. The summed E-state index contributed by atoms with van der Waals surface area (Å²) >= 11 is 1.26. The Morgan fingerprint density at radius 1 is 1.19 bits per heavy atom. The van der Waals surface area contributed by atoms with Gasteiger partial charge in [0.2, 0.25) is 0 Å². The molecule has 0 aliphatic rings. The van der Waals surface area contributed by atoms with Gasteiger partial charge in [-0.15, -0.1) is 0 Å². The van der Waals surface area contributed by atoms with Crippen molar-refractivity contribution in [3.8, 4) is 5.75 Å². The Morgan fingerprint density at radius 2 is 1.86 bits per heavy atom. The molecule has 0 saturated heterocycles. The lowest BCUT2D eigenvalue weighted by molar-refractivity contribution is -0.388. The van der Waals surface area contributed by atoms with E-state index in [0.29, 0.717) is 10.8 Å². The van der Waals surface area contributed by atoms with Crippen molar-refractivity contribution in [1.82, 2.24) is 4.98 Å². The van der Waals surface area contributed by atoms with Crippen molar-refractivity contribution in [3.05, 3.63) is 46.5 Å². The highest BCUT2D eigenvalue weighted by molar-refractivity contribution is 7.99. The second-order valence-corrected chi connectivity index (χ2v) is 5.49. The maximum Gasteiger partial charge on any atom is 0.301 e. The molecule has 0 radical (unpaired) electrons. The van der Waals surface area contributed by atoms with Crippen LogP contribution in [0.1, 0.15) is 0 Å². The number of pyridine rings is 1. The van der Waals surface area contributed by atoms with Crippen LogP contribution in [-0.2, 0) is 0 Å². The van der Waals surface area contributed by atoms with Crippen LogP contribution in [0.25, 0.3) is 0 Å². The number of hydrogen-bond acceptors (Lipinski definition) is 6. The largest absolute Gasteiger partial charge is 0.497 e. The molecule has 0 N–H and O–H groups in total. The summed E-state index contributed by atoms with van der Waals surface area (Å²) in [4.78, 5) is 17.7. The molecule has 1 aromatic carbocycles. The quantitative estimate of drug-likeness (QED) is 0.624. The molecule has 21 heavy (non-hydrogen) atoms. The summed E-state index contributed by atoms with van der Waals surface area (Å²) in [5, 5.41) is 11.5. The minimum absolute atomic E-state index is 0.00131. The van der Waals surface area contributed by atoms with Crippen LogP contribution in [0, 0.1) is 10.1 Å². The molecule has 0 aliphatic carbocycles. The van der Waals surface area contributed by atoms with Crippen LogP contribution in [0.15, 0.2) is 46.3 Å². The number of aromatic nitrogens is 1. The van der Waals surface area contributed by atoms with Gasteiger partial charge in [0.15, 0.2) is 5.03 Å². The predicted octanol–water partition coefficient (Wildman–Crippen LogP) is 3.22. The number of nitrogens with zero attached hydrogens (tertiary/aromatic N) is 3. The van der Waals surface area contributed by atoms with E-state index in [1.54, 1.807) is 13.2 Å². The van der Waals surface area contributed by atoms with E-state index < -0.39 is 4.92 Å². The molecule has 7 heteroatoms.